The van der Waals surface area contributed by atoms with Gasteiger partial charge in [-0.2, -0.15) is 0 Å². The van der Waals surface area contributed by atoms with Crippen molar-refractivity contribution < 1.29 is 24.2 Å². The predicted molar refractivity (Wildman–Crippen MR) is 179 cm³/mol. The van der Waals surface area contributed by atoms with Gasteiger partial charge >= 0.3 is 5.97 Å². The van der Waals surface area contributed by atoms with Crippen LogP contribution in [0.25, 0.3) is 22.2 Å². The van der Waals surface area contributed by atoms with E-state index in [4.69, 9.17) is 9.47 Å². The Kier molecular flexibility index (Phi) is 10.6. The first-order chi connectivity index (χ1) is 21.8. The number of aromatic nitrogens is 1. The van der Waals surface area contributed by atoms with Crippen LogP contribution in [-0.4, -0.2) is 53.8 Å². The number of likely N-dealkylation sites (N-methyl/N-ethyl adjacent to an activating group) is 1. The molecule has 0 bridgehead atoms. The Labute approximate surface area is 266 Å². The number of benzene rings is 3. The molecule has 4 aromatic rings. The lowest BCUT2D eigenvalue weighted by molar-refractivity contribution is -0.129. The van der Waals surface area contributed by atoms with Gasteiger partial charge in [0.2, 0.25) is 5.91 Å². The molecule has 0 spiro atoms. The molecule has 7 nitrogen and oxygen atoms in total. The molecule has 1 unspecified atom stereocenters. The van der Waals surface area contributed by atoms with Crippen LogP contribution in [0.3, 0.4) is 0 Å². The quantitative estimate of drug-likeness (QED) is 0.165. The fourth-order valence-corrected chi connectivity index (χ4v) is 6.62. The molecule has 3 aromatic carbocycles. The van der Waals surface area contributed by atoms with Crippen LogP contribution in [-0.2, 0) is 22.7 Å². The van der Waals surface area contributed by atoms with Gasteiger partial charge in [0.25, 0.3) is 0 Å². The summed E-state index contributed by atoms with van der Waals surface area (Å²) in [6.45, 7) is 6.62. The summed E-state index contributed by atoms with van der Waals surface area (Å²) in [5.74, 6) is 0.508. The molecule has 2 heterocycles. The number of ether oxygens (including phenoxy) is 2. The van der Waals surface area contributed by atoms with Gasteiger partial charge in [0, 0.05) is 32.7 Å². The van der Waals surface area contributed by atoms with Gasteiger partial charge in [0.15, 0.2) is 0 Å². The van der Waals surface area contributed by atoms with Gasteiger partial charge in [-0.15, -0.1) is 0 Å². The van der Waals surface area contributed by atoms with E-state index in [1.807, 2.05) is 22.8 Å². The number of hydrogen-bond acceptors (Lipinski definition) is 4. The molecule has 45 heavy (non-hydrogen) atoms. The van der Waals surface area contributed by atoms with Crippen molar-refractivity contribution in [2.75, 3.05) is 27.3 Å². The van der Waals surface area contributed by atoms with Crippen LogP contribution in [0, 0.1) is 0 Å². The highest BCUT2D eigenvalue weighted by molar-refractivity contribution is 5.99. The highest BCUT2D eigenvalue weighted by atomic mass is 16.5. The zero-order valence-electron chi connectivity index (χ0n) is 27.1. The largest absolute Gasteiger partial charge is 0.489 e. The first kappa shape index (κ1) is 32.3. The maximum Gasteiger partial charge on any atom is 0.335 e. The van der Waals surface area contributed by atoms with Crippen LogP contribution in [0.1, 0.15) is 91.3 Å². The highest BCUT2D eigenvalue weighted by Crippen LogP contribution is 2.42. The monoisotopic (exact) mass is 610 g/mol. The van der Waals surface area contributed by atoms with Crippen molar-refractivity contribution in [2.24, 2.45) is 0 Å². The average Bonchev–Trinajstić information content (AvgIpc) is 3.37. The second-order valence-corrected chi connectivity index (χ2v) is 12.3. The van der Waals surface area contributed by atoms with Crippen molar-refractivity contribution in [1.29, 1.82) is 0 Å². The van der Waals surface area contributed by atoms with E-state index in [-0.39, 0.29) is 23.9 Å². The Hall–Kier alpha value is -4.10. The Bertz CT molecular complexity index is 1620. The highest BCUT2D eigenvalue weighted by Gasteiger charge is 2.26. The second-order valence-electron chi connectivity index (χ2n) is 12.3. The van der Waals surface area contributed by atoms with Gasteiger partial charge in [0.05, 0.1) is 16.8 Å². The summed E-state index contributed by atoms with van der Waals surface area (Å²) >= 11 is 0. The van der Waals surface area contributed by atoms with Crippen molar-refractivity contribution in [3.8, 4) is 17.0 Å². The molecule has 1 amide bonds. The zero-order chi connectivity index (χ0) is 31.9. The van der Waals surface area contributed by atoms with Gasteiger partial charge < -0.3 is 24.0 Å². The van der Waals surface area contributed by atoms with Crippen molar-refractivity contribution in [3.05, 3.63) is 89.0 Å². The number of unbranched alkanes of at least 4 members (excludes halogenated alkanes) is 1. The maximum absolute atomic E-state index is 13.2. The number of aromatic carboxylic acids is 1. The van der Waals surface area contributed by atoms with E-state index >= 15 is 0 Å². The Morgan fingerprint density at radius 1 is 1.02 bits per heavy atom. The fourth-order valence-electron chi connectivity index (χ4n) is 6.62. The van der Waals surface area contributed by atoms with Crippen LogP contribution < -0.4 is 4.74 Å². The number of carboxylic acid groups (broad SMARTS) is 1. The number of carbonyl (C=O) groups excluding carboxylic acids is 1. The number of amides is 1. The topological polar surface area (TPSA) is 81.0 Å². The molecule has 7 heteroatoms. The van der Waals surface area contributed by atoms with Crippen molar-refractivity contribution >= 4 is 22.8 Å². The number of rotatable bonds is 13. The molecule has 0 radical (unpaired) electrons. The number of fused-ring (bicyclic) bond motifs is 1. The molecule has 0 saturated carbocycles. The SMILES string of the molecule is CCCCC(CC)c1c(-c2ccc(OCc3ccccc3C3CCOCC3)cc2)n(CC(=O)N(C)C)c2cc(C(=O)O)ccc12. The Morgan fingerprint density at radius 2 is 1.76 bits per heavy atom. The van der Waals surface area contributed by atoms with E-state index in [0.717, 1.165) is 79.6 Å². The van der Waals surface area contributed by atoms with Crippen LogP contribution in [0.5, 0.6) is 5.75 Å². The molecule has 1 aliphatic rings. The third-order valence-electron chi connectivity index (χ3n) is 9.19. The smallest absolute Gasteiger partial charge is 0.335 e. The molecule has 1 N–H and O–H groups in total. The van der Waals surface area contributed by atoms with Crippen molar-refractivity contribution in [3.63, 3.8) is 0 Å². The molecule has 1 aliphatic heterocycles. The van der Waals surface area contributed by atoms with Crippen molar-refractivity contribution in [1.82, 2.24) is 9.47 Å². The number of carboxylic acids is 1. The average molecular weight is 611 g/mol. The van der Waals surface area contributed by atoms with Gasteiger partial charge in [-0.1, -0.05) is 57.0 Å². The summed E-state index contributed by atoms with van der Waals surface area (Å²) in [5.41, 5.74) is 6.67. The lowest BCUT2D eigenvalue weighted by Crippen LogP contribution is -2.26. The van der Waals surface area contributed by atoms with E-state index in [1.54, 1.807) is 31.1 Å². The molecule has 1 fully saturated rings. The fraction of sp³-hybridized carbons (Fsp3) is 0.421. The third-order valence-corrected chi connectivity index (χ3v) is 9.19. The van der Waals surface area contributed by atoms with Gasteiger partial charge in [-0.25, -0.2) is 4.79 Å². The van der Waals surface area contributed by atoms with Gasteiger partial charge in [0.1, 0.15) is 18.9 Å². The maximum atomic E-state index is 13.2. The minimum absolute atomic E-state index is 0.0508. The van der Waals surface area contributed by atoms with E-state index in [1.165, 1.54) is 16.7 Å². The summed E-state index contributed by atoms with van der Waals surface area (Å²) in [6, 6.07) is 22.0. The molecular weight excluding hydrogens is 564 g/mol. The van der Waals surface area contributed by atoms with Crippen molar-refractivity contribution in [2.45, 2.75) is 77.4 Å². The second kappa shape index (κ2) is 14.8. The predicted octanol–water partition coefficient (Wildman–Crippen LogP) is 8.25. The number of nitrogens with zero attached hydrogens (tertiary/aromatic N) is 2. The lowest BCUT2D eigenvalue weighted by atomic mass is 9.87. The first-order valence-corrected chi connectivity index (χ1v) is 16.3. The molecule has 1 atom stereocenters. The van der Waals surface area contributed by atoms with Gasteiger partial charge in [-0.05, 0) is 96.2 Å². The summed E-state index contributed by atoms with van der Waals surface area (Å²) < 4.78 is 13.9. The molecular formula is C38H46N2O5. The summed E-state index contributed by atoms with van der Waals surface area (Å²) in [4.78, 5) is 26.7. The first-order valence-electron chi connectivity index (χ1n) is 16.3. The molecule has 238 valence electrons. The standard InChI is InChI=1S/C38H46N2O5/c1-5-7-10-26(6-2)36-33-18-15-29(38(42)43)23-34(33)40(24-35(41)39(3)4)37(36)28-13-16-31(17-14-28)45-25-30-11-8-9-12-32(30)27-19-21-44-22-20-27/h8-9,11-18,23,26-27H,5-7,10,19-22,24-25H2,1-4H3,(H,42,43). The van der Waals surface area contributed by atoms with E-state index in [9.17, 15) is 14.7 Å². The Morgan fingerprint density at radius 3 is 2.42 bits per heavy atom. The Balaban J connectivity index is 1.54. The minimum Gasteiger partial charge on any atom is -0.489 e. The van der Waals surface area contributed by atoms with Crippen LogP contribution in [0.2, 0.25) is 0 Å². The summed E-state index contributed by atoms with van der Waals surface area (Å²) in [6.07, 6.45) is 6.22. The zero-order valence-corrected chi connectivity index (χ0v) is 27.1. The third kappa shape index (κ3) is 7.25. The van der Waals surface area contributed by atoms with E-state index in [0.29, 0.717) is 12.5 Å². The van der Waals surface area contributed by atoms with Crippen LogP contribution >= 0.6 is 0 Å². The molecule has 0 aliphatic carbocycles. The number of hydrogen-bond donors (Lipinski definition) is 1. The molecule has 5 rings (SSSR count). The minimum atomic E-state index is -0.982. The van der Waals surface area contributed by atoms with E-state index in [2.05, 4.69) is 50.2 Å². The molecule has 1 saturated heterocycles. The summed E-state index contributed by atoms with van der Waals surface area (Å²) in [7, 11) is 3.50. The normalized spacial score (nSPS) is 14.4. The molecule has 1 aromatic heterocycles. The van der Waals surface area contributed by atoms with Crippen LogP contribution in [0.15, 0.2) is 66.7 Å². The summed E-state index contributed by atoms with van der Waals surface area (Å²) in [5, 5.41) is 10.8. The van der Waals surface area contributed by atoms with Crippen LogP contribution in [0.4, 0.5) is 0 Å². The van der Waals surface area contributed by atoms with Gasteiger partial charge in [-0.3, -0.25) is 4.79 Å². The number of carbonyl (C=O) groups is 2. The van der Waals surface area contributed by atoms with E-state index < -0.39 is 5.97 Å². The lowest BCUT2D eigenvalue weighted by Gasteiger charge is -2.24.